The molecule has 0 saturated carbocycles. The lowest BCUT2D eigenvalue weighted by atomic mass is 10.1. The van der Waals surface area contributed by atoms with Crippen molar-refractivity contribution in [1.82, 2.24) is 10.9 Å². The van der Waals surface area contributed by atoms with E-state index >= 15 is 0 Å². The van der Waals surface area contributed by atoms with Gasteiger partial charge in [-0.1, -0.05) is 34.1 Å². The monoisotopic (exact) mass is 330 g/mol. The Morgan fingerprint density at radius 1 is 1.30 bits per heavy atom. The van der Waals surface area contributed by atoms with Gasteiger partial charge in [-0.2, -0.15) is 0 Å². The quantitative estimate of drug-likeness (QED) is 0.478. The fourth-order valence-electron chi connectivity index (χ4n) is 1.88. The zero-order valence-corrected chi connectivity index (χ0v) is 13.5. The van der Waals surface area contributed by atoms with E-state index in [1.54, 1.807) is 12.1 Å². The van der Waals surface area contributed by atoms with Gasteiger partial charge in [-0.25, -0.2) is 0 Å². The lowest BCUT2D eigenvalue weighted by Crippen LogP contribution is -2.41. The number of amides is 2. The molecule has 0 radical (unpaired) electrons. The van der Waals surface area contributed by atoms with Crippen LogP contribution in [0.15, 0.2) is 17.5 Å². The van der Waals surface area contributed by atoms with Crippen LogP contribution in [0.3, 0.4) is 0 Å². The Morgan fingerprint density at radius 2 is 2.20 bits per heavy atom. The first kappa shape index (κ1) is 15.7. The zero-order chi connectivity index (χ0) is 14.2. The first-order chi connectivity index (χ1) is 9.75. The number of hydrazine groups is 1. The van der Waals surface area contributed by atoms with Gasteiger partial charge in [0.25, 0.3) is 5.91 Å². The Bertz CT molecular complexity index is 431. The van der Waals surface area contributed by atoms with E-state index in [2.05, 4.69) is 10.9 Å². The summed E-state index contributed by atoms with van der Waals surface area (Å²) in [6.07, 6.45) is 4.90. The van der Waals surface area contributed by atoms with E-state index in [9.17, 15) is 9.59 Å². The second-order valence-electron chi connectivity index (χ2n) is 4.55. The molecule has 2 rings (SSSR count). The highest BCUT2D eigenvalue weighted by atomic mass is 33.1. The Morgan fingerprint density at radius 3 is 2.90 bits per heavy atom. The molecule has 0 aliphatic carbocycles. The minimum atomic E-state index is -0.257. The molecule has 110 valence electrons. The molecule has 1 aliphatic heterocycles. The van der Waals surface area contributed by atoms with Gasteiger partial charge in [-0.3, -0.25) is 20.4 Å². The molecule has 4 nitrogen and oxygen atoms in total. The minimum absolute atomic E-state index is 0.122. The minimum Gasteiger partial charge on any atom is -0.273 e. The van der Waals surface area contributed by atoms with Crippen LogP contribution in [0.2, 0.25) is 0 Å². The van der Waals surface area contributed by atoms with E-state index in [1.807, 2.05) is 27.0 Å². The lowest BCUT2D eigenvalue weighted by molar-refractivity contribution is -0.121. The molecule has 1 saturated heterocycles. The van der Waals surface area contributed by atoms with E-state index < -0.39 is 0 Å². The van der Waals surface area contributed by atoms with Crippen molar-refractivity contribution in [2.75, 3.05) is 5.75 Å². The SMILES string of the molecule is O=C(CCCCC1CCSS1)NNC(=O)c1cccs1. The van der Waals surface area contributed by atoms with Gasteiger partial charge in [0.05, 0.1) is 4.88 Å². The van der Waals surface area contributed by atoms with Crippen LogP contribution in [0.5, 0.6) is 0 Å². The van der Waals surface area contributed by atoms with Gasteiger partial charge in [-0.15, -0.1) is 11.3 Å². The maximum absolute atomic E-state index is 11.6. The fourth-order valence-corrected chi connectivity index (χ4v) is 5.53. The number of carbonyl (C=O) groups excluding carboxylic acids is 2. The zero-order valence-electron chi connectivity index (χ0n) is 11.1. The van der Waals surface area contributed by atoms with Gasteiger partial charge < -0.3 is 0 Å². The predicted octanol–water partition coefficient (Wildman–Crippen LogP) is 3.22. The third kappa shape index (κ3) is 5.38. The smallest absolute Gasteiger partial charge is 0.273 e. The summed E-state index contributed by atoms with van der Waals surface area (Å²) in [6.45, 7) is 0. The summed E-state index contributed by atoms with van der Waals surface area (Å²) in [6, 6.07) is 3.53. The molecule has 0 aromatic carbocycles. The molecular formula is C13H18N2O2S3. The summed E-state index contributed by atoms with van der Waals surface area (Å²) >= 11 is 1.35. The summed E-state index contributed by atoms with van der Waals surface area (Å²) in [4.78, 5) is 23.8. The largest absolute Gasteiger partial charge is 0.279 e. The van der Waals surface area contributed by atoms with Crippen molar-refractivity contribution in [2.24, 2.45) is 0 Å². The number of hydrogen-bond donors (Lipinski definition) is 2. The normalized spacial score (nSPS) is 17.9. The van der Waals surface area contributed by atoms with E-state index in [1.165, 1.54) is 29.9 Å². The van der Waals surface area contributed by atoms with E-state index in [0.29, 0.717) is 11.3 Å². The first-order valence-corrected chi connectivity index (χ1v) is 9.93. The lowest BCUT2D eigenvalue weighted by Gasteiger charge is -2.08. The van der Waals surface area contributed by atoms with Crippen molar-refractivity contribution in [2.45, 2.75) is 37.4 Å². The van der Waals surface area contributed by atoms with Gasteiger partial charge in [0.15, 0.2) is 0 Å². The Hall–Kier alpha value is -0.660. The van der Waals surface area contributed by atoms with Gasteiger partial charge in [0, 0.05) is 17.4 Å². The third-order valence-corrected chi connectivity index (χ3v) is 6.84. The van der Waals surface area contributed by atoms with Crippen molar-refractivity contribution in [1.29, 1.82) is 0 Å². The van der Waals surface area contributed by atoms with Crippen LogP contribution in [-0.4, -0.2) is 22.8 Å². The molecule has 1 aliphatic rings. The Labute approximate surface area is 130 Å². The second-order valence-corrected chi connectivity index (χ2v) is 8.29. The molecule has 1 atom stereocenters. The van der Waals surface area contributed by atoms with Crippen molar-refractivity contribution < 1.29 is 9.59 Å². The highest BCUT2D eigenvalue weighted by Gasteiger charge is 2.15. The summed E-state index contributed by atoms with van der Waals surface area (Å²) < 4.78 is 0. The molecule has 1 unspecified atom stereocenters. The van der Waals surface area contributed by atoms with Crippen molar-refractivity contribution >= 4 is 44.7 Å². The fraction of sp³-hybridized carbons (Fsp3) is 0.538. The van der Waals surface area contributed by atoms with Crippen LogP contribution in [0.4, 0.5) is 0 Å². The van der Waals surface area contributed by atoms with Crippen molar-refractivity contribution in [3.05, 3.63) is 22.4 Å². The van der Waals surface area contributed by atoms with Crippen LogP contribution < -0.4 is 10.9 Å². The average molecular weight is 331 g/mol. The average Bonchev–Trinajstić information content (AvgIpc) is 3.13. The third-order valence-electron chi connectivity index (χ3n) is 2.97. The highest BCUT2D eigenvalue weighted by Crippen LogP contribution is 2.39. The molecule has 1 fully saturated rings. The molecule has 1 aromatic heterocycles. The van der Waals surface area contributed by atoms with E-state index in [-0.39, 0.29) is 11.8 Å². The summed E-state index contributed by atoms with van der Waals surface area (Å²) in [7, 11) is 3.92. The van der Waals surface area contributed by atoms with Crippen LogP contribution in [0.25, 0.3) is 0 Å². The predicted molar refractivity (Wildman–Crippen MR) is 86.8 cm³/mol. The van der Waals surface area contributed by atoms with Gasteiger partial charge >= 0.3 is 0 Å². The first-order valence-electron chi connectivity index (χ1n) is 6.66. The van der Waals surface area contributed by atoms with Gasteiger partial charge in [0.1, 0.15) is 0 Å². The molecule has 2 amide bonds. The standard InChI is InChI=1S/C13H18N2O2S3/c16-12(6-2-1-4-10-7-9-19-20-10)14-15-13(17)11-5-3-8-18-11/h3,5,8,10H,1-2,4,6-7,9H2,(H,14,16)(H,15,17). The van der Waals surface area contributed by atoms with Crippen LogP contribution in [-0.2, 0) is 4.79 Å². The van der Waals surface area contributed by atoms with Crippen LogP contribution in [0, 0.1) is 0 Å². The number of nitrogens with one attached hydrogen (secondary N) is 2. The van der Waals surface area contributed by atoms with Gasteiger partial charge in [-0.05, 0) is 30.7 Å². The van der Waals surface area contributed by atoms with E-state index in [4.69, 9.17) is 0 Å². The van der Waals surface area contributed by atoms with Crippen molar-refractivity contribution in [3.63, 3.8) is 0 Å². The van der Waals surface area contributed by atoms with Crippen LogP contribution >= 0.6 is 32.9 Å². The van der Waals surface area contributed by atoms with E-state index in [0.717, 1.165) is 18.1 Å². The number of thiophene rings is 1. The summed E-state index contributed by atoms with van der Waals surface area (Å²) in [5.41, 5.74) is 4.89. The molecule has 0 spiro atoms. The number of unbranched alkanes of at least 4 members (excludes halogenated alkanes) is 1. The van der Waals surface area contributed by atoms with Gasteiger partial charge in [0.2, 0.25) is 5.91 Å². The van der Waals surface area contributed by atoms with Crippen LogP contribution in [0.1, 0.15) is 41.8 Å². The molecule has 7 heteroatoms. The number of rotatable bonds is 6. The maximum Gasteiger partial charge on any atom is 0.279 e. The number of hydrogen-bond acceptors (Lipinski definition) is 5. The molecule has 2 heterocycles. The molecule has 1 aromatic rings. The summed E-state index contributed by atoms with van der Waals surface area (Å²) in [5, 5.41) is 2.59. The second kappa shape index (κ2) is 8.59. The molecular weight excluding hydrogens is 312 g/mol. The Balaban J connectivity index is 1.53. The number of carbonyl (C=O) groups is 2. The molecule has 2 N–H and O–H groups in total. The Kier molecular flexibility index (Phi) is 6.75. The molecule has 20 heavy (non-hydrogen) atoms. The topological polar surface area (TPSA) is 58.2 Å². The maximum atomic E-state index is 11.6. The van der Waals surface area contributed by atoms with Crippen molar-refractivity contribution in [3.8, 4) is 0 Å². The molecule has 0 bridgehead atoms. The summed E-state index contributed by atoms with van der Waals surface area (Å²) in [5.74, 6) is 0.876. The highest BCUT2D eigenvalue weighted by molar-refractivity contribution is 8.77.